The maximum Gasteiger partial charge on any atom is 0.321 e. The van der Waals surface area contributed by atoms with Crippen LogP contribution in [0.25, 0.3) is 10.8 Å². The third kappa shape index (κ3) is 3.22. The van der Waals surface area contributed by atoms with Crippen LogP contribution in [0.4, 0.5) is 10.5 Å². The van der Waals surface area contributed by atoms with Crippen molar-refractivity contribution in [1.82, 2.24) is 10.2 Å². The number of rotatable bonds is 2. The van der Waals surface area contributed by atoms with Crippen LogP contribution in [0.5, 0.6) is 0 Å². The fourth-order valence-corrected chi connectivity index (χ4v) is 3.09. The molecule has 0 aliphatic carbocycles. The molecule has 0 radical (unpaired) electrons. The highest BCUT2D eigenvalue weighted by atomic mass is 16.2. The summed E-state index contributed by atoms with van der Waals surface area (Å²) in [5.74, 6) is 0. The second-order valence-electron chi connectivity index (χ2n) is 5.90. The molecule has 2 amide bonds. The maximum absolute atomic E-state index is 12.6. The van der Waals surface area contributed by atoms with Gasteiger partial charge in [0.25, 0.3) is 0 Å². The van der Waals surface area contributed by atoms with Crippen molar-refractivity contribution >= 4 is 22.5 Å². The van der Waals surface area contributed by atoms with Gasteiger partial charge in [-0.1, -0.05) is 36.4 Å². The highest BCUT2D eigenvalue weighted by molar-refractivity contribution is 6.01. The zero-order valence-corrected chi connectivity index (χ0v) is 13.0. The lowest BCUT2D eigenvalue weighted by atomic mass is 10.1. The standard InChI is InChI=1S/C18H23N3O/c1-21(15-8-5-12-19-13-11-15)18(22)20-17-10-4-7-14-6-2-3-9-16(14)17/h2-4,6-7,9-10,15,19H,5,8,11-13H2,1H3,(H,20,22). The molecule has 4 nitrogen and oxygen atoms in total. The monoisotopic (exact) mass is 297 g/mol. The van der Waals surface area contributed by atoms with Crippen LogP contribution in [-0.2, 0) is 0 Å². The summed E-state index contributed by atoms with van der Waals surface area (Å²) in [6.45, 7) is 2.03. The zero-order valence-electron chi connectivity index (χ0n) is 13.0. The molecule has 116 valence electrons. The van der Waals surface area contributed by atoms with Gasteiger partial charge in [-0.2, -0.15) is 0 Å². The van der Waals surface area contributed by atoms with E-state index in [1.807, 2.05) is 42.3 Å². The number of carbonyl (C=O) groups excluding carboxylic acids is 1. The fraction of sp³-hybridized carbons (Fsp3) is 0.389. The van der Waals surface area contributed by atoms with E-state index >= 15 is 0 Å². The van der Waals surface area contributed by atoms with Gasteiger partial charge in [-0.25, -0.2) is 4.79 Å². The van der Waals surface area contributed by atoms with Crippen molar-refractivity contribution in [2.24, 2.45) is 0 Å². The minimum Gasteiger partial charge on any atom is -0.325 e. The SMILES string of the molecule is CN(C(=O)Nc1cccc2ccccc12)C1CCCNCC1. The molecule has 1 fully saturated rings. The Morgan fingerprint density at radius 1 is 1.14 bits per heavy atom. The van der Waals surface area contributed by atoms with Crippen molar-refractivity contribution in [3.8, 4) is 0 Å². The molecule has 0 bridgehead atoms. The van der Waals surface area contributed by atoms with Gasteiger partial charge in [0, 0.05) is 18.5 Å². The van der Waals surface area contributed by atoms with E-state index in [1.54, 1.807) is 0 Å². The first-order valence-electron chi connectivity index (χ1n) is 7.98. The normalized spacial score (nSPS) is 18.7. The minimum absolute atomic E-state index is 0.0248. The molecule has 0 saturated carbocycles. The summed E-state index contributed by atoms with van der Waals surface area (Å²) in [5, 5.41) is 8.67. The lowest BCUT2D eigenvalue weighted by Gasteiger charge is -2.27. The Morgan fingerprint density at radius 3 is 2.86 bits per heavy atom. The molecule has 0 spiro atoms. The van der Waals surface area contributed by atoms with Crippen LogP contribution in [0, 0.1) is 0 Å². The average molecular weight is 297 g/mol. The molecular weight excluding hydrogens is 274 g/mol. The highest BCUT2D eigenvalue weighted by Gasteiger charge is 2.21. The number of amides is 2. The van der Waals surface area contributed by atoms with Gasteiger partial charge in [-0.3, -0.25) is 0 Å². The Kier molecular flexibility index (Phi) is 4.59. The smallest absolute Gasteiger partial charge is 0.321 e. The molecule has 22 heavy (non-hydrogen) atoms. The third-order valence-electron chi connectivity index (χ3n) is 4.44. The Morgan fingerprint density at radius 2 is 1.95 bits per heavy atom. The van der Waals surface area contributed by atoms with Crippen LogP contribution in [0.1, 0.15) is 19.3 Å². The van der Waals surface area contributed by atoms with Crippen molar-refractivity contribution in [3.63, 3.8) is 0 Å². The van der Waals surface area contributed by atoms with Crippen LogP contribution >= 0.6 is 0 Å². The summed E-state index contributed by atoms with van der Waals surface area (Å²) in [6, 6.07) is 14.4. The predicted octanol–water partition coefficient (Wildman–Crippen LogP) is 3.45. The second-order valence-corrected chi connectivity index (χ2v) is 5.90. The summed E-state index contributed by atoms with van der Waals surface area (Å²) in [7, 11) is 1.90. The summed E-state index contributed by atoms with van der Waals surface area (Å²) < 4.78 is 0. The van der Waals surface area contributed by atoms with Gasteiger partial charge in [-0.15, -0.1) is 0 Å². The van der Waals surface area contributed by atoms with Crippen LogP contribution < -0.4 is 10.6 Å². The van der Waals surface area contributed by atoms with Crippen molar-refractivity contribution in [3.05, 3.63) is 42.5 Å². The molecule has 1 heterocycles. The van der Waals surface area contributed by atoms with Gasteiger partial charge in [-0.05, 0) is 43.8 Å². The Hall–Kier alpha value is -2.07. The van der Waals surface area contributed by atoms with E-state index in [0.717, 1.165) is 48.8 Å². The van der Waals surface area contributed by atoms with Crippen LogP contribution in [-0.4, -0.2) is 37.1 Å². The summed E-state index contributed by atoms with van der Waals surface area (Å²) in [6.07, 6.45) is 3.20. The lowest BCUT2D eigenvalue weighted by Crippen LogP contribution is -2.40. The number of urea groups is 1. The molecule has 3 rings (SSSR count). The topological polar surface area (TPSA) is 44.4 Å². The zero-order chi connectivity index (χ0) is 15.4. The van der Waals surface area contributed by atoms with Crippen molar-refractivity contribution in [1.29, 1.82) is 0 Å². The lowest BCUT2D eigenvalue weighted by molar-refractivity contribution is 0.198. The Labute approximate surface area is 131 Å². The van der Waals surface area contributed by atoms with Gasteiger partial charge in [0.15, 0.2) is 0 Å². The van der Waals surface area contributed by atoms with Gasteiger partial charge in [0.05, 0.1) is 5.69 Å². The molecule has 2 N–H and O–H groups in total. The molecule has 0 aromatic heterocycles. The fourth-order valence-electron chi connectivity index (χ4n) is 3.09. The quantitative estimate of drug-likeness (QED) is 0.892. The molecular formula is C18H23N3O. The summed E-state index contributed by atoms with van der Waals surface area (Å²) in [4.78, 5) is 14.4. The number of hydrogen-bond donors (Lipinski definition) is 2. The summed E-state index contributed by atoms with van der Waals surface area (Å²) in [5.41, 5.74) is 0.877. The predicted molar refractivity (Wildman–Crippen MR) is 91.2 cm³/mol. The van der Waals surface area contributed by atoms with Crippen LogP contribution in [0.3, 0.4) is 0 Å². The van der Waals surface area contributed by atoms with Crippen molar-refractivity contribution < 1.29 is 4.79 Å². The minimum atomic E-state index is -0.0248. The van der Waals surface area contributed by atoms with Gasteiger partial charge in [0.1, 0.15) is 0 Å². The number of anilines is 1. The Balaban J connectivity index is 1.75. The second kappa shape index (κ2) is 6.79. The van der Waals surface area contributed by atoms with Gasteiger partial charge >= 0.3 is 6.03 Å². The molecule has 1 aliphatic heterocycles. The molecule has 1 unspecified atom stereocenters. The van der Waals surface area contributed by atoms with E-state index < -0.39 is 0 Å². The van der Waals surface area contributed by atoms with E-state index in [0.29, 0.717) is 6.04 Å². The van der Waals surface area contributed by atoms with E-state index in [2.05, 4.69) is 22.8 Å². The number of hydrogen-bond acceptors (Lipinski definition) is 2. The number of benzene rings is 2. The van der Waals surface area contributed by atoms with E-state index in [9.17, 15) is 4.79 Å². The number of nitrogens with zero attached hydrogens (tertiary/aromatic N) is 1. The van der Waals surface area contributed by atoms with Gasteiger partial charge in [0.2, 0.25) is 0 Å². The van der Waals surface area contributed by atoms with Crippen molar-refractivity contribution in [2.45, 2.75) is 25.3 Å². The highest BCUT2D eigenvalue weighted by Crippen LogP contribution is 2.23. The van der Waals surface area contributed by atoms with Crippen LogP contribution in [0.15, 0.2) is 42.5 Å². The number of fused-ring (bicyclic) bond motifs is 1. The number of nitrogens with one attached hydrogen (secondary N) is 2. The van der Waals surface area contributed by atoms with Gasteiger partial charge < -0.3 is 15.5 Å². The Bertz CT molecular complexity index is 642. The average Bonchev–Trinajstić information content (AvgIpc) is 2.83. The third-order valence-corrected chi connectivity index (χ3v) is 4.44. The molecule has 1 atom stereocenters. The molecule has 2 aromatic carbocycles. The first kappa shape index (κ1) is 14.9. The maximum atomic E-state index is 12.6. The van der Waals surface area contributed by atoms with Crippen molar-refractivity contribution in [2.75, 3.05) is 25.5 Å². The first-order chi connectivity index (χ1) is 10.8. The van der Waals surface area contributed by atoms with Crippen LogP contribution in [0.2, 0.25) is 0 Å². The number of carbonyl (C=O) groups is 1. The van der Waals surface area contributed by atoms with E-state index in [-0.39, 0.29) is 6.03 Å². The summed E-state index contributed by atoms with van der Waals surface area (Å²) >= 11 is 0. The molecule has 2 aromatic rings. The van der Waals surface area contributed by atoms with E-state index in [4.69, 9.17) is 0 Å². The largest absolute Gasteiger partial charge is 0.325 e. The molecule has 4 heteroatoms. The molecule has 1 saturated heterocycles. The first-order valence-corrected chi connectivity index (χ1v) is 7.98. The molecule has 1 aliphatic rings. The van der Waals surface area contributed by atoms with E-state index in [1.165, 1.54) is 0 Å².